The van der Waals surface area contributed by atoms with Crippen molar-refractivity contribution in [3.63, 3.8) is 0 Å². The molecule has 3 heteroatoms. The highest BCUT2D eigenvalue weighted by Gasteiger charge is 2.23. The Morgan fingerprint density at radius 1 is 0.377 bits per heavy atom. The molecule has 0 aliphatic rings. The summed E-state index contributed by atoms with van der Waals surface area (Å²) < 4.78 is 9.05. The summed E-state index contributed by atoms with van der Waals surface area (Å²) in [4.78, 5) is 2.43. The Balaban J connectivity index is 1.16. The molecule has 0 aliphatic carbocycles. The van der Waals surface area contributed by atoms with Gasteiger partial charge < -0.3 is 9.32 Å². The fraction of sp³-hybridized carbons (Fsp3) is 0. The van der Waals surface area contributed by atoms with E-state index in [1.54, 1.807) is 0 Å². The van der Waals surface area contributed by atoms with Gasteiger partial charge in [-0.25, -0.2) is 0 Å². The van der Waals surface area contributed by atoms with E-state index in [1.807, 2.05) is 17.4 Å². The average molecular weight is 694 g/mol. The first-order chi connectivity index (χ1) is 26.3. The van der Waals surface area contributed by atoms with Crippen molar-refractivity contribution >= 4 is 92.1 Å². The lowest BCUT2D eigenvalue weighted by Crippen LogP contribution is -2.11. The topological polar surface area (TPSA) is 16.4 Å². The van der Waals surface area contributed by atoms with Crippen LogP contribution in [0.25, 0.3) is 85.9 Å². The minimum atomic E-state index is 0.872. The van der Waals surface area contributed by atoms with Crippen molar-refractivity contribution in [1.29, 1.82) is 0 Å². The van der Waals surface area contributed by atoms with Crippen molar-refractivity contribution in [2.75, 3.05) is 4.90 Å². The van der Waals surface area contributed by atoms with Crippen LogP contribution in [0.15, 0.2) is 192 Å². The Labute approximate surface area is 310 Å². The van der Waals surface area contributed by atoms with Gasteiger partial charge in [-0.15, -0.1) is 11.3 Å². The molecular weight excluding hydrogens is 663 g/mol. The van der Waals surface area contributed by atoms with E-state index >= 15 is 0 Å². The van der Waals surface area contributed by atoms with Crippen LogP contribution in [0.1, 0.15) is 0 Å². The van der Waals surface area contributed by atoms with Crippen LogP contribution in [-0.4, -0.2) is 0 Å². The first-order valence-corrected chi connectivity index (χ1v) is 18.8. The van der Waals surface area contributed by atoms with Crippen LogP contribution >= 0.6 is 11.3 Å². The van der Waals surface area contributed by atoms with Crippen LogP contribution in [0.3, 0.4) is 0 Å². The molecule has 11 rings (SSSR count). The van der Waals surface area contributed by atoms with E-state index in [0.29, 0.717) is 0 Å². The highest BCUT2D eigenvalue weighted by atomic mass is 32.1. The normalized spacial score (nSPS) is 11.8. The van der Waals surface area contributed by atoms with Crippen molar-refractivity contribution in [3.8, 4) is 22.3 Å². The lowest BCUT2D eigenvalue weighted by atomic mass is 9.93. The summed E-state index contributed by atoms with van der Waals surface area (Å²) in [5, 5.41) is 9.84. The number of benzene rings is 9. The van der Waals surface area contributed by atoms with Gasteiger partial charge in [0.15, 0.2) is 0 Å². The molecular formula is C50H31NOS. The van der Waals surface area contributed by atoms with Crippen LogP contribution in [-0.2, 0) is 0 Å². The fourth-order valence-corrected chi connectivity index (χ4v) is 9.46. The SMILES string of the molecule is c1ccc(N(c2ccc(-c3cc4ccccc4c4ccccc34)cc2)c2cccc3oc4ccccc4c23)c(-c2cccc3sc4ccccc4c23)c1. The third-order valence-corrected chi connectivity index (χ3v) is 11.8. The summed E-state index contributed by atoms with van der Waals surface area (Å²) in [5.74, 6) is 0. The quantitative estimate of drug-likeness (QED) is 0.167. The molecule has 11 aromatic rings. The number of nitrogens with zero attached hydrogens (tertiary/aromatic N) is 1. The smallest absolute Gasteiger partial charge is 0.137 e. The Hall–Kier alpha value is -6.68. The van der Waals surface area contributed by atoms with Crippen molar-refractivity contribution in [3.05, 3.63) is 188 Å². The number of hydrogen-bond donors (Lipinski definition) is 0. The molecule has 248 valence electrons. The van der Waals surface area contributed by atoms with E-state index in [4.69, 9.17) is 4.42 Å². The standard InChI is InChI=1S/C50H31NOS/c1-2-14-35-33(13-1)31-42(37-16-4-3-15-36(35)37)32-27-29-34(30-28-32)51(44-22-12-24-46-50(44)40-18-6-9-23-45(40)52-46)43-21-8-5-17-38(43)39-20-11-26-48-49(39)41-19-7-10-25-47(41)53-48/h1-31H. The molecule has 0 unspecified atom stereocenters. The third-order valence-electron chi connectivity index (χ3n) is 10.7. The molecule has 0 bridgehead atoms. The Morgan fingerprint density at radius 3 is 1.89 bits per heavy atom. The second kappa shape index (κ2) is 11.9. The largest absolute Gasteiger partial charge is 0.456 e. The van der Waals surface area contributed by atoms with E-state index in [0.717, 1.165) is 39.0 Å². The third kappa shape index (κ3) is 4.71. The lowest BCUT2D eigenvalue weighted by Gasteiger charge is -2.29. The van der Waals surface area contributed by atoms with Crippen molar-refractivity contribution in [2.24, 2.45) is 0 Å². The number of rotatable bonds is 5. The van der Waals surface area contributed by atoms with E-state index in [-0.39, 0.29) is 0 Å². The maximum absolute atomic E-state index is 6.45. The molecule has 0 fully saturated rings. The van der Waals surface area contributed by atoms with Gasteiger partial charge in [0.05, 0.1) is 16.8 Å². The molecule has 2 aromatic heterocycles. The predicted molar refractivity (Wildman–Crippen MR) is 227 cm³/mol. The fourth-order valence-electron chi connectivity index (χ4n) is 8.33. The van der Waals surface area contributed by atoms with Gasteiger partial charge in [-0.2, -0.15) is 0 Å². The maximum Gasteiger partial charge on any atom is 0.137 e. The minimum absolute atomic E-state index is 0.872. The van der Waals surface area contributed by atoms with Crippen molar-refractivity contribution < 1.29 is 4.42 Å². The van der Waals surface area contributed by atoms with Gasteiger partial charge >= 0.3 is 0 Å². The highest BCUT2D eigenvalue weighted by Crippen LogP contribution is 2.49. The zero-order valence-electron chi connectivity index (χ0n) is 28.7. The van der Waals surface area contributed by atoms with Crippen LogP contribution < -0.4 is 4.90 Å². The number of hydrogen-bond acceptors (Lipinski definition) is 3. The van der Waals surface area contributed by atoms with Crippen molar-refractivity contribution in [1.82, 2.24) is 0 Å². The molecule has 0 atom stereocenters. The first-order valence-electron chi connectivity index (χ1n) is 18.0. The Bertz CT molecular complexity index is 3190. The summed E-state index contributed by atoms with van der Waals surface area (Å²) in [7, 11) is 0. The molecule has 53 heavy (non-hydrogen) atoms. The van der Waals surface area contributed by atoms with Gasteiger partial charge in [-0.05, 0) is 92.8 Å². The molecule has 0 radical (unpaired) electrons. The summed E-state index contributed by atoms with van der Waals surface area (Å²) in [6, 6.07) is 68.0. The van der Waals surface area contributed by atoms with E-state index < -0.39 is 0 Å². The molecule has 0 amide bonds. The summed E-state index contributed by atoms with van der Waals surface area (Å²) in [5.41, 5.74) is 9.84. The van der Waals surface area contributed by atoms with Gasteiger partial charge in [0.1, 0.15) is 11.2 Å². The second-order valence-electron chi connectivity index (χ2n) is 13.6. The zero-order chi connectivity index (χ0) is 34.9. The highest BCUT2D eigenvalue weighted by molar-refractivity contribution is 7.25. The summed E-state index contributed by atoms with van der Waals surface area (Å²) >= 11 is 1.86. The Morgan fingerprint density at radius 2 is 1.00 bits per heavy atom. The number of furan rings is 1. The number of thiophene rings is 1. The molecule has 9 aromatic carbocycles. The zero-order valence-corrected chi connectivity index (χ0v) is 29.5. The monoisotopic (exact) mass is 693 g/mol. The molecule has 2 heterocycles. The minimum Gasteiger partial charge on any atom is -0.456 e. The molecule has 2 nitrogen and oxygen atoms in total. The van der Waals surface area contributed by atoms with Gasteiger partial charge in [0.25, 0.3) is 0 Å². The first kappa shape index (κ1) is 30.0. The number of para-hydroxylation sites is 2. The summed E-state index contributed by atoms with van der Waals surface area (Å²) in [6.07, 6.45) is 0. The molecule has 0 saturated heterocycles. The lowest BCUT2D eigenvalue weighted by molar-refractivity contribution is 0.669. The second-order valence-corrected chi connectivity index (χ2v) is 14.7. The molecule has 0 aliphatic heterocycles. The number of fused-ring (bicyclic) bond motifs is 9. The van der Waals surface area contributed by atoms with E-state index in [9.17, 15) is 0 Å². The van der Waals surface area contributed by atoms with Crippen LogP contribution in [0, 0.1) is 0 Å². The van der Waals surface area contributed by atoms with Gasteiger partial charge in [-0.3, -0.25) is 0 Å². The molecule has 0 saturated carbocycles. The van der Waals surface area contributed by atoms with Gasteiger partial charge in [-0.1, -0.05) is 133 Å². The van der Waals surface area contributed by atoms with Gasteiger partial charge in [0, 0.05) is 36.8 Å². The van der Waals surface area contributed by atoms with Crippen LogP contribution in [0.4, 0.5) is 17.1 Å². The molecule has 0 N–H and O–H groups in total. The van der Waals surface area contributed by atoms with E-state index in [1.165, 1.54) is 64.0 Å². The van der Waals surface area contributed by atoms with Gasteiger partial charge in [0.2, 0.25) is 0 Å². The summed E-state index contributed by atoms with van der Waals surface area (Å²) in [6.45, 7) is 0. The van der Waals surface area contributed by atoms with Crippen LogP contribution in [0.2, 0.25) is 0 Å². The average Bonchev–Trinajstić information content (AvgIpc) is 3.80. The maximum atomic E-state index is 6.45. The van der Waals surface area contributed by atoms with E-state index in [2.05, 4.69) is 187 Å². The Kier molecular flexibility index (Phi) is 6.76. The van der Waals surface area contributed by atoms with Crippen LogP contribution in [0.5, 0.6) is 0 Å². The number of anilines is 3. The predicted octanol–water partition coefficient (Wildman–Crippen LogP) is 15.1. The molecule has 0 spiro atoms. The van der Waals surface area contributed by atoms with Crippen molar-refractivity contribution in [2.45, 2.75) is 0 Å².